The Morgan fingerprint density at radius 1 is 1.56 bits per heavy atom. The van der Waals surface area contributed by atoms with Crippen LogP contribution in [0, 0.1) is 0 Å². The molecule has 0 saturated carbocycles. The number of likely N-dealkylation sites (N-methyl/N-ethyl adjacent to an activating group) is 1. The lowest BCUT2D eigenvalue weighted by atomic mass is 9.93. The Labute approximate surface area is 147 Å². The quantitative estimate of drug-likeness (QED) is 0.621. The van der Waals surface area contributed by atoms with E-state index in [2.05, 4.69) is 28.8 Å². The summed E-state index contributed by atoms with van der Waals surface area (Å²) in [5.74, 6) is -0.516. The van der Waals surface area contributed by atoms with Gasteiger partial charge in [-0.05, 0) is 31.5 Å². The molecule has 0 aromatic carbocycles. The smallest absolute Gasteiger partial charge is 0.276 e. The minimum Gasteiger partial charge on any atom is -0.371 e. The molecule has 136 valence electrons. The third-order valence-electron chi connectivity index (χ3n) is 6.06. The number of likely N-dealkylation sites (tertiary alicyclic amines) is 1. The van der Waals surface area contributed by atoms with E-state index < -0.39 is 5.91 Å². The number of hydrogen-bond acceptors (Lipinski definition) is 6. The zero-order valence-corrected chi connectivity index (χ0v) is 14.9. The van der Waals surface area contributed by atoms with Crippen LogP contribution in [0.3, 0.4) is 0 Å². The van der Waals surface area contributed by atoms with Gasteiger partial charge in [0, 0.05) is 50.0 Å². The van der Waals surface area contributed by atoms with Gasteiger partial charge in [0.2, 0.25) is 0 Å². The zero-order chi connectivity index (χ0) is 17.6. The molecule has 0 aliphatic carbocycles. The average molecular weight is 346 g/mol. The number of hydrogen-bond donors (Lipinski definition) is 2. The molecule has 2 saturated heterocycles. The second-order valence-electron chi connectivity index (χ2n) is 7.71. The van der Waals surface area contributed by atoms with E-state index in [1.807, 2.05) is 6.07 Å². The predicted molar refractivity (Wildman–Crippen MR) is 91.4 cm³/mol. The number of fused-ring (bicyclic) bond motifs is 3. The molecular formula is C18H26N4O3. The fourth-order valence-corrected chi connectivity index (χ4v) is 4.66. The summed E-state index contributed by atoms with van der Waals surface area (Å²) in [6.07, 6.45) is 4.61. The van der Waals surface area contributed by atoms with Crippen molar-refractivity contribution in [1.82, 2.24) is 20.3 Å². The molecule has 7 heteroatoms. The fraction of sp³-hybridized carbons (Fsp3) is 0.667. The van der Waals surface area contributed by atoms with Crippen molar-refractivity contribution < 1.29 is 14.7 Å². The summed E-state index contributed by atoms with van der Waals surface area (Å²) in [4.78, 5) is 21.1. The molecule has 3 aliphatic heterocycles. The summed E-state index contributed by atoms with van der Waals surface area (Å²) in [5.41, 5.74) is 4.15. The van der Waals surface area contributed by atoms with E-state index in [-0.39, 0.29) is 5.60 Å². The molecule has 2 bridgehead atoms. The average Bonchev–Trinajstić information content (AvgIpc) is 3.16. The van der Waals surface area contributed by atoms with E-state index >= 15 is 0 Å². The van der Waals surface area contributed by atoms with Crippen molar-refractivity contribution in [3.05, 3.63) is 29.1 Å². The van der Waals surface area contributed by atoms with E-state index in [4.69, 9.17) is 9.94 Å². The maximum Gasteiger partial charge on any atom is 0.276 e. The molecule has 4 heterocycles. The number of aromatic nitrogens is 1. The molecule has 0 unspecified atom stereocenters. The van der Waals surface area contributed by atoms with Crippen LogP contribution in [0.15, 0.2) is 12.3 Å². The first-order valence-corrected chi connectivity index (χ1v) is 9.04. The molecule has 25 heavy (non-hydrogen) atoms. The number of hydroxylamine groups is 1. The SMILES string of the molecule is CC[C@H]1Cc2ncc(C(=O)NO)cc2CN1C[C@]12C[C@H](CO1)N(C)C2. The lowest BCUT2D eigenvalue weighted by Gasteiger charge is -2.41. The van der Waals surface area contributed by atoms with Gasteiger partial charge in [-0.3, -0.25) is 24.8 Å². The summed E-state index contributed by atoms with van der Waals surface area (Å²) >= 11 is 0. The van der Waals surface area contributed by atoms with Crippen LogP contribution in [0.25, 0.3) is 0 Å². The van der Waals surface area contributed by atoms with Crippen molar-refractivity contribution in [2.45, 2.75) is 50.4 Å². The standard InChI is InChI=1S/C18H26N4O3/c1-3-14-5-16-13(4-12(7-19-16)17(23)20-24)8-22(14)11-18-6-15(9-25-18)21(2)10-18/h4,7,14-15,24H,3,5-6,8-11H2,1-2H3,(H,20,23)/t14-,15+,18+/m0/s1. The summed E-state index contributed by atoms with van der Waals surface area (Å²) < 4.78 is 6.18. The van der Waals surface area contributed by atoms with Gasteiger partial charge < -0.3 is 4.74 Å². The summed E-state index contributed by atoms with van der Waals surface area (Å²) in [6.45, 7) is 5.73. The first-order valence-electron chi connectivity index (χ1n) is 9.04. The first-order chi connectivity index (χ1) is 12.0. The van der Waals surface area contributed by atoms with Gasteiger partial charge in [-0.1, -0.05) is 6.92 Å². The molecule has 4 rings (SSSR count). The second kappa shape index (κ2) is 6.32. The van der Waals surface area contributed by atoms with Gasteiger partial charge >= 0.3 is 0 Å². The van der Waals surface area contributed by atoms with E-state index in [0.29, 0.717) is 17.6 Å². The summed E-state index contributed by atoms with van der Waals surface area (Å²) in [5, 5.41) is 8.85. The topological polar surface area (TPSA) is 77.9 Å². The Morgan fingerprint density at radius 2 is 2.40 bits per heavy atom. The predicted octanol–water partition coefficient (Wildman–Crippen LogP) is 0.810. The minimum atomic E-state index is -0.516. The molecule has 1 amide bonds. The van der Waals surface area contributed by atoms with Gasteiger partial charge in [0.05, 0.1) is 17.8 Å². The van der Waals surface area contributed by atoms with Crippen molar-refractivity contribution in [3.63, 3.8) is 0 Å². The maximum atomic E-state index is 11.7. The van der Waals surface area contributed by atoms with Crippen molar-refractivity contribution in [1.29, 1.82) is 0 Å². The van der Waals surface area contributed by atoms with Gasteiger partial charge in [0.1, 0.15) is 0 Å². The van der Waals surface area contributed by atoms with Crippen LogP contribution < -0.4 is 5.48 Å². The van der Waals surface area contributed by atoms with Crippen molar-refractivity contribution >= 4 is 5.91 Å². The number of amides is 1. The number of nitrogens with zero attached hydrogens (tertiary/aromatic N) is 3. The normalized spacial score (nSPS) is 32.0. The van der Waals surface area contributed by atoms with Gasteiger partial charge in [0.15, 0.2) is 0 Å². The molecule has 2 fully saturated rings. The fourth-order valence-electron chi connectivity index (χ4n) is 4.66. The van der Waals surface area contributed by atoms with Crippen LogP contribution in [0.1, 0.15) is 41.4 Å². The summed E-state index contributed by atoms with van der Waals surface area (Å²) in [6, 6.07) is 2.85. The number of morpholine rings is 1. The number of rotatable bonds is 4. The van der Waals surface area contributed by atoms with Crippen molar-refractivity contribution in [2.75, 3.05) is 26.7 Å². The molecule has 3 aliphatic rings. The molecule has 2 N–H and O–H groups in total. The number of ether oxygens (including phenoxy) is 1. The number of nitrogens with one attached hydrogen (secondary N) is 1. The van der Waals surface area contributed by atoms with Crippen LogP contribution >= 0.6 is 0 Å². The molecule has 0 spiro atoms. The van der Waals surface area contributed by atoms with Crippen LogP contribution in [0.4, 0.5) is 0 Å². The molecule has 1 aromatic heterocycles. The van der Waals surface area contributed by atoms with Gasteiger partial charge in [-0.2, -0.15) is 0 Å². The van der Waals surface area contributed by atoms with Crippen LogP contribution in [0.2, 0.25) is 0 Å². The van der Waals surface area contributed by atoms with Crippen molar-refractivity contribution in [2.24, 2.45) is 0 Å². The molecular weight excluding hydrogens is 320 g/mol. The van der Waals surface area contributed by atoms with E-state index in [0.717, 1.165) is 56.8 Å². The number of carbonyl (C=O) groups is 1. The zero-order valence-electron chi connectivity index (χ0n) is 14.9. The van der Waals surface area contributed by atoms with Gasteiger partial charge in [-0.25, -0.2) is 5.48 Å². The third kappa shape index (κ3) is 2.95. The Kier molecular flexibility index (Phi) is 4.27. The lowest BCUT2D eigenvalue weighted by molar-refractivity contribution is -0.0661. The Hall–Kier alpha value is -1.54. The third-order valence-corrected chi connectivity index (χ3v) is 6.06. The van der Waals surface area contributed by atoms with Crippen molar-refractivity contribution in [3.8, 4) is 0 Å². The van der Waals surface area contributed by atoms with E-state index in [9.17, 15) is 4.79 Å². The lowest BCUT2D eigenvalue weighted by Crippen LogP contribution is -2.52. The highest BCUT2D eigenvalue weighted by molar-refractivity contribution is 5.93. The van der Waals surface area contributed by atoms with Crippen LogP contribution in [0.5, 0.6) is 0 Å². The number of pyridine rings is 1. The molecule has 7 nitrogen and oxygen atoms in total. The first kappa shape index (κ1) is 16.9. The van der Waals surface area contributed by atoms with Crippen LogP contribution in [-0.2, 0) is 17.7 Å². The molecule has 1 aromatic rings. The Balaban J connectivity index is 1.56. The largest absolute Gasteiger partial charge is 0.371 e. The second-order valence-corrected chi connectivity index (χ2v) is 7.71. The Morgan fingerprint density at radius 3 is 3.04 bits per heavy atom. The summed E-state index contributed by atoms with van der Waals surface area (Å²) in [7, 11) is 2.18. The molecule has 0 radical (unpaired) electrons. The highest BCUT2D eigenvalue weighted by Gasteiger charge is 2.51. The molecule has 3 atom stereocenters. The number of carbonyl (C=O) groups excluding carboxylic acids is 1. The van der Waals surface area contributed by atoms with Crippen LogP contribution in [-0.4, -0.2) is 70.3 Å². The highest BCUT2D eigenvalue weighted by atomic mass is 16.5. The maximum absolute atomic E-state index is 11.7. The monoisotopic (exact) mass is 346 g/mol. The Bertz CT molecular complexity index is 678. The minimum absolute atomic E-state index is 0.0577. The van der Waals surface area contributed by atoms with E-state index in [1.54, 1.807) is 11.7 Å². The van der Waals surface area contributed by atoms with E-state index in [1.165, 1.54) is 0 Å². The van der Waals surface area contributed by atoms with Gasteiger partial charge in [0.25, 0.3) is 5.91 Å². The van der Waals surface area contributed by atoms with Gasteiger partial charge in [-0.15, -0.1) is 0 Å². The highest BCUT2D eigenvalue weighted by Crippen LogP contribution is 2.38.